The SMILES string of the molecule is Cc1cc(C)cc(COc2ccc(-c3ccc(C(=O)N(C)C(Cc4ccccc4)C(=O)O)cc3)cc2)c1. The van der Waals surface area contributed by atoms with Gasteiger partial charge in [0.25, 0.3) is 5.91 Å². The van der Waals surface area contributed by atoms with Crippen molar-refractivity contribution in [2.24, 2.45) is 0 Å². The second-order valence-corrected chi connectivity index (χ2v) is 9.35. The Kier molecular flexibility index (Phi) is 8.04. The van der Waals surface area contributed by atoms with E-state index < -0.39 is 12.0 Å². The third-order valence-electron chi connectivity index (χ3n) is 6.35. The van der Waals surface area contributed by atoms with Crippen molar-refractivity contribution >= 4 is 11.9 Å². The van der Waals surface area contributed by atoms with E-state index in [0.717, 1.165) is 28.0 Å². The second-order valence-electron chi connectivity index (χ2n) is 9.35. The lowest BCUT2D eigenvalue weighted by atomic mass is 10.0. The summed E-state index contributed by atoms with van der Waals surface area (Å²) in [5, 5.41) is 9.74. The highest BCUT2D eigenvalue weighted by Gasteiger charge is 2.27. The highest BCUT2D eigenvalue weighted by atomic mass is 16.5. The molecular formula is C32H31NO4. The summed E-state index contributed by atoms with van der Waals surface area (Å²) in [6, 6.07) is 29.8. The molecule has 0 radical (unpaired) electrons. The van der Waals surface area contributed by atoms with Gasteiger partial charge >= 0.3 is 5.97 Å². The molecule has 0 saturated heterocycles. The van der Waals surface area contributed by atoms with Crippen LogP contribution < -0.4 is 4.74 Å². The Morgan fingerprint density at radius 2 is 1.35 bits per heavy atom. The van der Waals surface area contributed by atoms with Crippen LogP contribution >= 0.6 is 0 Å². The molecule has 0 saturated carbocycles. The molecule has 1 N–H and O–H groups in total. The average Bonchev–Trinajstić information content (AvgIpc) is 2.90. The fourth-order valence-electron chi connectivity index (χ4n) is 4.44. The Hall–Kier alpha value is -4.38. The first-order valence-corrected chi connectivity index (χ1v) is 12.2. The smallest absolute Gasteiger partial charge is 0.326 e. The van der Waals surface area contributed by atoms with Crippen molar-refractivity contribution < 1.29 is 19.4 Å². The maximum absolute atomic E-state index is 13.1. The van der Waals surface area contributed by atoms with Gasteiger partial charge in [-0.15, -0.1) is 0 Å². The van der Waals surface area contributed by atoms with E-state index in [1.165, 1.54) is 23.1 Å². The number of rotatable bonds is 9. The normalized spacial score (nSPS) is 11.5. The number of nitrogens with zero attached hydrogens (tertiary/aromatic N) is 1. The van der Waals surface area contributed by atoms with Crippen LogP contribution in [0.5, 0.6) is 5.75 Å². The largest absolute Gasteiger partial charge is 0.489 e. The summed E-state index contributed by atoms with van der Waals surface area (Å²) in [5.74, 6) is -0.573. The van der Waals surface area contributed by atoms with Gasteiger partial charge in [0.15, 0.2) is 0 Å². The van der Waals surface area contributed by atoms with Crippen molar-refractivity contribution in [1.82, 2.24) is 4.90 Å². The molecule has 4 aromatic carbocycles. The molecular weight excluding hydrogens is 462 g/mol. The number of aryl methyl sites for hydroxylation is 2. The minimum absolute atomic E-state index is 0.244. The topological polar surface area (TPSA) is 66.8 Å². The molecule has 4 rings (SSSR count). The Morgan fingerprint density at radius 1 is 0.784 bits per heavy atom. The van der Waals surface area contributed by atoms with Crippen LogP contribution in [0.2, 0.25) is 0 Å². The van der Waals surface area contributed by atoms with Crippen LogP contribution in [0, 0.1) is 13.8 Å². The number of carboxylic acid groups (broad SMARTS) is 1. The van der Waals surface area contributed by atoms with Gasteiger partial charge in [-0.05, 0) is 60.4 Å². The lowest BCUT2D eigenvalue weighted by Gasteiger charge is -2.25. The summed E-state index contributed by atoms with van der Waals surface area (Å²) in [7, 11) is 1.54. The number of hydrogen-bond acceptors (Lipinski definition) is 3. The van der Waals surface area contributed by atoms with E-state index in [0.29, 0.717) is 12.2 Å². The van der Waals surface area contributed by atoms with Gasteiger partial charge in [0, 0.05) is 19.0 Å². The number of carbonyl (C=O) groups is 2. The van der Waals surface area contributed by atoms with Crippen LogP contribution in [0.3, 0.4) is 0 Å². The van der Waals surface area contributed by atoms with Gasteiger partial charge in [0.05, 0.1) is 0 Å². The number of carbonyl (C=O) groups excluding carboxylic acids is 1. The van der Waals surface area contributed by atoms with Crippen LogP contribution in [0.1, 0.15) is 32.6 Å². The van der Waals surface area contributed by atoms with Gasteiger partial charge in [-0.2, -0.15) is 0 Å². The number of carboxylic acids is 1. The zero-order valence-electron chi connectivity index (χ0n) is 21.3. The molecule has 0 aliphatic heterocycles. The number of ether oxygens (including phenoxy) is 1. The third kappa shape index (κ3) is 6.64. The van der Waals surface area contributed by atoms with Crippen molar-refractivity contribution in [1.29, 1.82) is 0 Å². The van der Waals surface area contributed by atoms with Crippen LogP contribution in [0.4, 0.5) is 0 Å². The quantitative estimate of drug-likeness (QED) is 0.296. The van der Waals surface area contributed by atoms with Crippen molar-refractivity contribution in [3.8, 4) is 16.9 Å². The third-order valence-corrected chi connectivity index (χ3v) is 6.35. The van der Waals surface area contributed by atoms with E-state index in [4.69, 9.17) is 4.74 Å². The first-order valence-electron chi connectivity index (χ1n) is 12.2. The maximum Gasteiger partial charge on any atom is 0.326 e. The molecule has 0 spiro atoms. The molecule has 0 aliphatic carbocycles. The summed E-state index contributed by atoms with van der Waals surface area (Å²) in [6.45, 7) is 4.67. The predicted molar refractivity (Wildman–Crippen MR) is 146 cm³/mol. The summed E-state index contributed by atoms with van der Waals surface area (Å²) in [5.41, 5.74) is 6.84. The number of amides is 1. The first-order chi connectivity index (χ1) is 17.8. The summed E-state index contributed by atoms with van der Waals surface area (Å²) in [4.78, 5) is 26.2. The average molecular weight is 494 g/mol. The summed E-state index contributed by atoms with van der Waals surface area (Å²) < 4.78 is 5.96. The molecule has 0 aromatic heterocycles. The van der Waals surface area contributed by atoms with Crippen molar-refractivity contribution in [2.45, 2.75) is 32.9 Å². The van der Waals surface area contributed by atoms with E-state index in [9.17, 15) is 14.7 Å². The minimum Gasteiger partial charge on any atom is -0.489 e. The molecule has 0 heterocycles. The standard InChI is InChI=1S/C32H31NO4/c1-22-17-23(2)19-25(18-22)21-37-29-15-13-27(14-16-29)26-9-11-28(12-10-26)31(34)33(3)30(32(35)36)20-24-7-5-4-6-8-24/h4-19,30H,20-21H2,1-3H3,(H,35,36). The van der Waals surface area contributed by atoms with Gasteiger partial charge in [0.2, 0.25) is 0 Å². The Labute approximate surface area is 218 Å². The van der Waals surface area contributed by atoms with Crippen molar-refractivity contribution in [3.05, 3.63) is 125 Å². The van der Waals surface area contributed by atoms with Gasteiger partial charge < -0.3 is 14.7 Å². The highest BCUT2D eigenvalue weighted by molar-refractivity contribution is 5.97. The van der Waals surface area contributed by atoms with Gasteiger partial charge in [-0.25, -0.2) is 4.79 Å². The lowest BCUT2D eigenvalue weighted by molar-refractivity contribution is -0.141. The predicted octanol–water partition coefficient (Wildman–Crippen LogP) is 6.32. The Morgan fingerprint density at radius 3 is 1.92 bits per heavy atom. The van der Waals surface area contributed by atoms with E-state index in [1.54, 1.807) is 12.1 Å². The molecule has 5 nitrogen and oxygen atoms in total. The van der Waals surface area contributed by atoms with Crippen LogP contribution in [-0.2, 0) is 17.8 Å². The van der Waals surface area contributed by atoms with E-state index >= 15 is 0 Å². The number of hydrogen-bond donors (Lipinski definition) is 1. The van der Waals surface area contributed by atoms with E-state index in [1.807, 2.05) is 66.7 Å². The number of benzene rings is 4. The van der Waals surface area contributed by atoms with Crippen molar-refractivity contribution in [3.63, 3.8) is 0 Å². The molecule has 188 valence electrons. The molecule has 1 unspecified atom stereocenters. The highest BCUT2D eigenvalue weighted by Crippen LogP contribution is 2.24. The maximum atomic E-state index is 13.1. The number of likely N-dealkylation sites (N-methyl/N-ethyl adjacent to an activating group) is 1. The summed E-state index contributed by atoms with van der Waals surface area (Å²) >= 11 is 0. The fraction of sp³-hybridized carbons (Fsp3) is 0.188. The molecule has 4 aromatic rings. The minimum atomic E-state index is -1.03. The summed E-state index contributed by atoms with van der Waals surface area (Å²) in [6.07, 6.45) is 0.244. The van der Waals surface area contributed by atoms with Crippen LogP contribution in [0.15, 0.2) is 97.1 Å². The zero-order chi connectivity index (χ0) is 26.4. The second kappa shape index (κ2) is 11.6. The molecule has 0 fully saturated rings. The van der Waals surface area contributed by atoms with Gasteiger partial charge in [-0.3, -0.25) is 4.79 Å². The molecule has 37 heavy (non-hydrogen) atoms. The molecule has 1 amide bonds. The molecule has 0 aliphatic rings. The zero-order valence-corrected chi connectivity index (χ0v) is 21.3. The molecule has 0 bridgehead atoms. The van der Waals surface area contributed by atoms with Crippen LogP contribution in [0.25, 0.3) is 11.1 Å². The van der Waals surface area contributed by atoms with Crippen molar-refractivity contribution in [2.75, 3.05) is 7.05 Å². The van der Waals surface area contributed by atoms with Gasteiger partial charge in [0.1, 0.15) is 18.4 Å². The Balaban J connectivity index is 1.40. The number of aliphatic carboxylic acids is 1. The monoisotopic (exact) mass is 493 g/mol. The van der Waals surface area contributed by atoms with E-state index in [2.05, 4.69) is 32.0 Å². The molecule has 5 heteroatoms. The Bertz CT molecular complexity index is 1340. The fourth-order valence-corrected chi connectivity index (χ4v) is 4.44. The first kappa shape index (κ1) is 25.7. The lowest BCUT2D eigenvalue weighted by Crippen LogP contribution is -2.43. The van der Waals surface area contributed by atoms with E-state index in [-0.39, 0.29) is 12.3 Å². The van der Waals surface area contributed by atoms with Crippen LogP contribution in [-0.4, -0.2) is 35.0 Å². The van der Waals surface area contributed by atoms with Gasteiger partial charge in [-0.1, -0.05) is 83.9 Å². The molecule has 1 atom stereocenters.